The van der Waals surface area contributed by atoms with E-state index in [0.29, 0.717) is 30.8 Å². The molecular weight excluding hydrogens is 334 g/mol. The zero-order valence-electron chi connectivity index (χ0n) is 15.4. The van der Waals surface area contributed by atoms with Crippen molar-refractivity contribution in [1.82, 2.24) is 15.5 Å². The van der Waals surface area contributed by atoms with Crippen LogP contribution >= 0.6 is 0 Å². The molecule has 2 amide bonds. The summed E-state index contributed by atoms with van der Waals surface area (Å²) in [6, 6.07) is 5.20. The molecule has 26 heavy (non-hydrogen) atoms. The zero-order valence-corrected chi connectivity index (χ0v) is 15.4. The number of rotatable bonds is 6. The van der Waals surface area contributed by atoms with Crippen molar-refractivity contribution in [2.45, 2.75) is 37.1 Å². The van der Waals surface area contributed by atoms with Gasteiger partial charge in [0.05, 0.1) is 26.3 Å². The van der Waals surface area contributed by atoms with Crippen LogP contribution < -0.4 is 20.1 Å². The van der Waals surface area contributed by atoms with Gasteiger partial charge in [0.25, 0.3) is 0 Å². The standard InChI is InChI=1S/C19H27N3O4/c1-4-5-19(24)18(6-8-20-9-7-18)21-17(23)22(19)13-14-10-15(25-2)12-16(11-14)26-3/h4,10-12,20,24H,1,5-9,13H2,2-3H3,(H,21,23). The molecule has 7 heteroatoms. The average molecular weight is 361 g/mol. The number of nitrogens with one attached hydrogen (secondary N) is 2. The lowest BCUT2D eigenvalue weighted by atomic mass is 9.77. The number of urea groups is 1. The van der Waals surface area contributed by atoms with Crippen LogP contribution in [0.5, 0.6) is 11.5 Å². The van der Waals surface area contributed by atoms with Gasteiger partial charge in [-0.15, -0.1) is 6.58 Å². The van der Waals surface area contributed by atoms with Gasteiger partial charge in [-0.3, -0.25) is 4.90 Å². The molecule has 2 aliphatic heterocycles. The molecular formula is C19H27N3O4. The van der Waals surface area contributed by atoms with E-state index in [2.05, 4.69) is 17.2 Å². The Balaban J connectivity index is 1.95. The zero-order chi connectivity index (χ0) is 18.8. The average Bonchev–Trinajstić information content (AvgIpc) is 2.83. The summed E-state index contributed by atoms with van der Waals surface area (Å²) in [6.45, 7) is 5.54. The molecule has 2 aliphatic rings. The molecule has 1 unspecified atom stereocenters. The summed E-state index contributed by atoms with van der Waals surface area (Å²) >= 11 is 0. The molecule has 2 heterocycles. The highest BCUT2D eigenvalue weighted by Crippen LogP contribution is 2.42. The summed E-state index contributed by atoms with van der Waals surface area (Å²) in [5, 5.41) is 17.9. The Labute approximate surface area is 154 Å². The van der Waals surface area contributed by atoms with E-state index in [1.807, 2.05) is 12.1 Å². The molecule has 1 aromatic rings. The Kier molecular flexibility index (Phi) is 5.11. The fourth-order valence-electron chi connectivity index (χ4n) is 4.03. The number of carbonyl (C=O) groups is 1. The number of hydrogen-bond donors (Lipinski definition) is 3. The fourth-order valence-corrected chi connectivity index (χ4v) is 4.03. The first-order valence-corrected chi connectivity index (χ1v) is 8.84. The van der Waals surface area contributed by atoms with Crippen LogP contribution in [-0.4, -0.2) is 54.6 Å². The number of nitrogens with zero attached hydrogens (tertiary/aromatic N) is 1. The second-order valence-electron chi connectivity index (χ2n) is 6.88. The highest BCUT2D eigenvalue weighted by Gasteiger charge is 2.61. The number of ether oxygens (including phenoxy) is 2. The first-order chi connectivity index (χ1) is 12.5. The van der Waals surface area contributed by atoms with Gasteiger partial charge in [-0.05, 0) is 43.6 Å². The van der Waals surface area contributed by atoms with Crippen LogP contribution in [0.25, 0.3) is 0 Å². The third-order valence-corrected chi connectivity index (χ3v) is 5.44. The number of piperidine rings is 1. The van der Waals surface area contributed by atoms with E-state index < -0.39 is 11.3 Å². The minimum absolute atomic E-state index is 0.249. The third kappa shape index (κ3) is 3.01. The second kappa shape index (κ2) is 7.17. The largest absolute Gasteiger partial charge is 0.497 e. The molecule has 7 nitrogen and oxygen atoms in total. The van der Waals surface area contributed by atoms with Crippen LogP contribution in [0, 0.1) is 0 Å². The van der Waals surface area contributed by atoms with Gasteiger partial charge in [-0.1, -0.05) is 6.08 Å². The Hall–Kier alpha value is -2.25. The van der Waals surface area contributed by atoms with Crippen LogP contribution in [-0.2, 0) is 6.54 Å². The van der Waals surface area contributed by atoms with Crippen molar-refractivity contribution in [2.75, 3.05) is 27.3 Å². The molecule has 3 rings (SSSR count). The van der Waals surface area contributed by atoms with Gasteiger partial charge >= 0.3 is 6.03 Å². The number of benzene rings is 1. The molecule has 0 bridgehead atoms. The van der Waals surface area contributed by atoms with Crippen molar-refractivity contribution < 1.29 is 19.4 Å². The van der Waals surface area contributed by atoms with Crippen LogP contribution in [0.1, 0.15) is 24.8 Å². The number of amides is 2. The lowest BCUT2D eigenvalue weighted by molar-refractivity contribution is -0.123. The SMILES string of the molecule is C=CCC1(O)N(Cc2cc(OC)cc(OC)c2)C(=O)NC12CCNCC2. The van der Waals surface area contributed by atoms with Crippen LogP contribution in [0.2, 0.25) is 0 Å². The van der Waals surface area contributed by atoms with Crippen LogP contribution in [0.3, 0.4) is 0 Å². The Morgan fingerprint density at radius 1 is 1.23 bits per heavy atom. The molecule has 1 atom stereocenters. The minimum Gasteiger partial charge on any atom is -0.497 e. The van der Waals surface area contributed by atoms with Crippen molar-refractivity contribution in [3.8, 4) is 11.5 Å². The van der Waals surface area contributed by atoms with Gasteiger partial charge in [0.15, 0.2) is 5.72 Å². The predicted molar refractivity (Wildman–Crippen MR) is 98.2 cm³/mol. The molecule has 0 saturated carbocycles. The molecule has 2 fully saturated rings. The van der Waals surface area contributed by atoms with Crippen molar-refractivity contribution in [3.05, 3.63) is 36.4 Å². The molecule has 1 spiro atoms. The molecule has 3 N–H and O–H groups in total. The van der Waals surface area contributed by atoms with E-state index in [1.54, 1.807) is 26.4 Å². The van der Waals surface area contributed by atoms with Gasteiger partial charge in [-0.25, -0.2) is 4.79 Å². The van der Waals surface area contributed by atoms with E-state index in [0.717, 1.165) is 18.7 Å². The molecule has 0 aromatic heterocycles. The lowest BCUT2D eigenvalue weighted by Crippen LogP contribution is -2.64. The number of carbonyl (C=O) groups excluding carboxylic acids is 1. The highest BCUT2D eigenvalue weighted by atomic mass is 16.5. The smallest absolute Gasteiger partial charge is 0.320 e. The quantitative estimate of drug-likeness (QED) is 0.671. The van der Waals surface area contributed by atoms with Crippen LogP contribution in [0.15, 0.2) is 30.9 Å². The van der Waals surface area contributed by atoms with E-state index in [-0.39, 0.29) is 12.6 Å². The molecule has 2 saturated heterocycles. The minimum atomic E-state index is -1.33. The van der Waals surface area contributed by atoms with Crippen molar-refractivity contribution >= 4 is 6.03 Å². The first kappa shape index (κ1) is 18.5. The Morgan fingerprint density at radius 2 is 1.85 bits per heavy atom. The van der Waals surface area contributed by atoms with E-state index >= 15 is 0 Å². The molecule has 1 aromatic carbocycles. The first-order valence-electron chi connectivity index (χ1n) is 8.84. The van der Waals surface area contributed by atoms with E-state index in [9.17, 15) is 9.90 Å². The summed E-state index contributed by atoms with van der Waals surface area (Å²) in [5.74, 6) is 1.28. The molecule has 0 aliphatic carbocycles. The van der Waals surface area contributed by atoms with Gasteiger partial charge in [0.2, 0.25) is 0 Å². The van der Waals surface area contributed by atoms with Gasteiger partial charge in [0, 0.05) is 12.5 Å². The highest BCUT2D eigenvalue weighted by molar-refractivity contribution is 5.79. The summed E-state index contributed by atoms with van der Waals surface area (Å²) in [6.07, 6.45) is 3.30. The predicted octanol–water partition coefficient (Wildman–Crippen LogP) is 1.62. The normalized spacial score (nSPS) is 24.4. The molecule has 0 radical (unpaired) electrons. The third-order valence-electron chi connectivity index (χ3n) is 5.44. The lowest BCUT2D eigenvalue weighted by Gasteiger charge is -2.46. The maximum atomic E-state index is 12.8. The fraction of sp³-hybridized carbons (Fsp3) is 0.526. The number of hydrogen-bond acceptors (Lipinski definition) is 5. The van der Waals surface area contributed by atoms with Gasteiger partial charge in [-0.2, -0.15) is 0 Å². The van der Waals surface area contributed by atoms with E-state index in [1.165, 1.54) is 4.90 Å². The Bertz CT molecular complexity index is 665. The van der Waals surface area contributed by atoms with Crippen LogP contribution in [0.4, 0.5) is 4.79 Å². The second-order valence-corrected chi connectivity index (χ2v) is 6.88. The van der Waals surface area contributed by atoms with Gasteiger partial charge < -0.3 is 25.2 Å². The number of aliphatic hydroxyl groups is 1. The summed E-state index contributed by atoms with van der Waals surface area (Å²) in [5.41, 5.74) is -1.18. The van der Waals surface area contributed by atoms with Gasteiger partial charge in [0.1, 0.15) is 11.5 Å². The topological polar surface area (TPSA) is 83.1 Å². The van der Waals surface area contributed by atoms with Crippen molar-refractivity contribution in [2.24, 2.45) is 0 Å². The summed E-state index contributed by atoms with van der Waals surface area (Å²) in [7, 11) is 3.17. The molecule has 142 valence electrons. The Morgan fingerprint density at radius 3 is 2.38 bits per heavy atom. The maximum Gasteiger partial charge on any atom is 0.320 e. The number of methoxy groups -OCH3 is 2. The summed E-state index contributed by atoms with van der Waals surface area (Å²) < 4.78 is 10.6. The maximum absolute atomic E-state index is 12.8. The van der Waals surface area contributed by atoms with E-state index in [4.69, 9.17) is 9.47 Å². The van der Waals surface area contributed by atoms with Crippen molar-refractivity contribution in [3.63, 3.8) is 0 Å². The monoisotopic (exact) mass is 361 g/mol. The summed E-state index contributed by atoms with van der Waals surface area (Å²) in [4.78, 5) is 14.3. The van der Waals surface area contributed by atoms with Crippen molar-refractivity contribution in [1.29, 1.82) is 0 Å².